The Morgan fingerprint density at radius 2 is 1.94 bits per heavy atom. The molecule has 1 amide bonds. The smallest absolute Gasteiger partial charge is 0.266 e. The number of hydrogen-bond donors (Lipinski definition) is 1. The minimum Gasteiger partial charge on any atom is -0.493 e. The predicted octanol–water partition coefficient (Wildman–Crippen LogP) is 6.57. The molecule has 0 aliphatic carbocycles. The van der Waals surface area contributed by atoms with Crippen LogP contribution >= 0.6 is 23.2 Å². The lowest BCUT2D eigenvalue weighted by atomic mass is 10.1. The van der Waals surface area contributed by atoms with E-state index in [2.05, 4.69) is 5.32 Å². The summed E-state index contributed by atoms with van der Waals surface area (Å²) >= 11 is 12.5. The lowest BCUT2D eigenvalue weighted by Gasteiger charge is -2.14. The van der Waals surface area contributed by atoms with Crippen molar-refractivity contribution in [1.82, 2.24) is 0 Å². The maximum atomic E-state index is 13.4. The Bertz CT molecular complexity index is 1270. The third-order valence-corrected chi connectivity index (χ3v) is 5.32. The summed E-state index contributed by atoms with van der Waals surface area (Å²) in [5, 5.41) is 12.8. The molecule has 3 aromatic carbocycles. The Balaban J connectivity index is 1.82. The Labute approximate surface area is 201 Å². The van der Waals surface area contributed by atoms with E-state index in [0.29, 0.717) is 27.6 Å². The van der Waals surface area contributed by atoms with E-state index >= 15 is 0 Å². The molecule has 3 rings (SSSR count). The molecule has 0 aliphatic rings. The van der Waals surface area contributed by atoms with Gasteiger partial charge >= 0.3 is 0 Å². The largest absolute Gasteiger partial charge is 0.493 e. The van der Waals surface area contributed by atoms with Crippen molar-refractivity contribution in [2.45, 2.75) is 13.5 Å². The van der Waals surface area contributed by atoms with Crippen molar-refractivity contribution in [3.05, 3.63) is 92.7 Å². The minimum atomic E-state index is -0.598. The fraction of sp³-hybridized carbons (Fsp3) is 0.120. The molecule has 8 heteroatoms. The molecular weight excluding hydrogens is 466 g/mol. The van der Waals surface area contributed by atoms with Gasteiger partial charge in [0.1, 0.15) is 24.1 Å². The van der Waals surface area contributed by atoms with Crippen LogP contribution < -0.4 is 14.8 Å². The molecule has 0 unspecified atom stereocenters. The highest BCUT2D eigenvalue weighted by atomic mass is 35.5. The second kappa shape index (κ2) is 10.9. The van der Waals surface area contributed by atoms with E-state index in [4.69, 9.17) is 32.7 Å². The van der Waals surface area contributed by atoms with Gasteiger partial charge in [-0.25, -0.2) is 4.39 Å². The van der Waals surface area contributed by atoms with E-state index < -0.39 is 5.91 Å². The zero-order valence-electron chi connectivity index (χ0n) is 17.8. The van der Waals surface area contributed by atoms with E-state index in [1.807, 2.05) is 13.0 Å². The summed E-state index contributed by atoms with van der Waals surface area (Å²) < 4.78 is 24.5. The van der Waals surface area contributed by atoms with Crippen LogP contribution in [0.2, 0.25) is 10.0 Å². The first-order chi connectivity index (χ1) is 15.8. The monoisotopic (exact) mass is 484 g/mol. The highest BCUT2D eigenvalue weighted by Crippen LogP contribution is 2.37. The topological polar surface area (TPSA) is 71.3 Å². The molecule has 0 fully saturated rings. The van der Waals surface area contributed by atoms with Gasteiger partial charge in [0.2, 0.25) is 0 Å². The van der Waals surface area contributed by atoms with Gasteiger partial charge in [-0.3, -0.25) is 4.79 Å². The molecule has 0 atom stereocenters. The van der Waals surface area contributed by atoms with Crippen LogP contribution in [0, 0.1) is 24.1 Å². The second-order valence-corrected chi connectivity index (χ2v) is 7.86. The number of aryl methyl sites for hydroxylation is 1. The maximum absolute atomic E-state index is 13.4. The molecule has 0 saturated carbocycles. The number of benzene rings is 3. The van der Waals surface area contributed by atoms with Gasteiger partial charge in [0.25, 0.3) is 5.91 Å². The maximum Gasteiger partial charge on any atom is 0.266 e. The molecule has 0 saturated heterocycles. The van der Waals surface area contributed by atoms with Crippen LogP contribution in [-0.4, -0.2) is 13.0 Å². The number of carbonyl (C=O) groups excluding carboxylic acids is 1. The Morgan fingerprint density at radius 3 is 2.61 bits per heavy atom. The van der Waals surface area contributed by atoms with E-state index in [9.17, 15) is 14.4 Å². The summed E-state index contributed by atoms with van der Waals surface area (Å²) in [5.74, 6) is -0.408. The van der Waals surface area contributed by atoms with Crippen molar-refractivity contribution in [3.8, 4) is 17.6 Å². The third-order valence-electron chi connectivity index (χ3n) is 4.63. The van der Waals surface area contributed by atoms with Gasteiger partial charge in [-0.2, -0.15) is 5.26 Å². The van der Waals surface area contributed by atoms with Crippen LogP contribution in [0.4, 0.5) is 10.1 Å². The third kappa shape index (κ3) is 6.26. The van der Waals surface area contributed by atoms with Gasteiger partial charge in [0, 0.05) is 10.7 Å². The molecule has 168 valence electrons. The molecule has 0 radical (unpaired) electrons. The van der Waals surface area contributed by atoms with Crippen LogP contribution in [0.1, 0.15) is 16.7 Å². The number of nitrogens with one attached hydrogen (secondary N) is 1. The van der Waals surface area contributed by atoms with Crippen molar-refractivity contribution in [2.24, 2.45) is 0 Å². The van der Waals surface area contributed by atoms with Crippen molar-refractivity contribution in [1.29, 1.82) is 5.26 Å². The molecule has 0 heterocycles. The highest BCUT2D eigenvalue weighted by Gasteiger charge is 2.15. The quantitative estimate of drug-likeness (QED) is 0.303. The number of amides is 1. The number of rotatable bonds is 7. The first-order valence-electron chi connectivity index (χ1n) is 9.74. The summed E-state index contributed by atoms with van der Waals surface area (Å²) in [6.07, 6.45) is 1.38. The van der Waals surface area contributed by atoms with Crippen LogP contribution in [-0.2, 0) is 11.4 Å². The molecule has 0 aromatic heterocycles. The first kappa shape index (κ1) is 24.1. The molecule has 33 heavy (non-hydrogen) atoms. The zero-order valence-corrected chi connectivity index (χ0v) is 19.3. The van der Waals surface area contributed by atoms with Gasteiger partial charge in [0.05, 0.1) is 12.1 Å². The van der Waals surface area contributed by atoms with Crippen molar-refractivity contribution >= 4 is 40.9 Å². The van der Waals surface area contributed by atoms with Gasteiger partial charge in [-0.05, 0) is 66.1 Å². The molecule has 5 nitrogen and oxygen atoms in total. The van der Waals surface area contributed by atoms with Gasteiger partial charge in [0.15, 0.2) is 11.5 Å². The summed E-state index contributed by atoms with van der Waals surface area (Å²) in [4.78, 5) is 12.6. The number of carbonyl (C=O) groups is 1. The van der Waals surface area contributed by atoms with Crippen LogP contribution in [0.3, 0.4) is 0 Å². The Hall–Kier alpha value is -3.53. The standard InChI is InChI=1S/C25H19Cl2FN2O3/c1-15-6-7-20(12-21(15)26)30-25(31)18(13-29)8-17-10-22(27)24(23(11-17)32-2)33-14-16-4-3-5-19(28)9-16/h3-12H,14H2,1-2H3,(H,30,31)/b18-8-. The SMILES string of the molecule is COc1cc(/C=C(/C#N)C(=O)Nc2ccc(C)c(Cl)c2)cc(Cl)c1OCc1cccc(F)c1. The fourth-order valence-electron chi connectivity index (χ4n) is 2.93. The van der Waals surface area contributed by atoms with Crippen molar-refractivity contribution < 1.29 is 18.7 Å². The molecule has 3 aromatic rings. The number of nitrogens with zero attached hydrogens (tertiary/aromatic N) is 1. The fourth-order valence-corrected chi connectivity index (χ4v) is 3.38. The Kier molecular flexibility index (Phi) is 7.94. The van der Waals surface area contributed by atoms with E-state index in [1.165, 1.54) is 25.3 Å². The molecule has 1 N–H and O–H groups in total. The average molecular weight is 485 g/mol. The number of hydrogen-bond acceptors (Lipinski definition) is 4. The number of anilines is 1. The summed E-state index contributed by atoms with van der Waals surface area (Å²) in [7, 11) is 1.44. The molecule has 0 bridgehead atoms. The number of methoxy groups -OCH3 is 1. The summed E-state index contributed by atoms with van der Waals surface area (Å²) in [5.41, 5.74) is 2.28. The Morgan fingerprint density at radius 1 is 1.15 bits per heavy atom. The normalized spacial score (nSPS) is 11.0. The number of ether oxygens (including phenoxy) is 2. The van der Waals surface area contributed by atoms with Gasteiger partial charge < -0.3 is 14.8 Å². The number of halogens is 3. The van der Waals surface area contributed by atoms with Gasteiger partial charge in [-0.15, -0.1) is 0 Å². The van der Waals surface area contributed by atoms with Crippen molar-refractivity contribution in [3.63, 3.8) is 0 Å². The molecule has 0 aliphatic heterocycles. The average Bonchev–Trinajstić information content (AvgIpc) is 2.78. The second-order valence-electron chi connectivity index (χ2n) is 7.04. The van der Waals surface area contributed by atoms with Crippen LogP contribution in [0.5, 0.6) is 11.5 Å². The van der Waals surface area contributed by atoms with Crippen molar-refractivity contribution in [2.75, 3.05) is 12.4 Å². The minimum absolute atomic E-state index is 0.0774. The van der Waals surface area contributed by atoms with E-state index in [-0.39, 0.29) is 28.8 Å². The van der Waals surface area contributed by atoms with Crippen LogP contribution in [0.15, 0.2) is 60.2 Å². The molecular formula is C25H19Cl2FN2O3. The summed E-state index contributed by atoms with van der Waals surface area (Å²) in [6.45, 7) is 1.92. The molecule has 0 spiro atoms. The van der Waals surface area contributed by atoms with Crippen LogP contribution in [0.25, 0.3) is 6.08 Å². The zero-order chi connectivity index (χ0) is 24.0. The number of nitriles is 1. The lowest BCUT2D eigenvalue weighted by molar-refractivity contribution is -0.112. The lowest BCUT2D eigenvalue weighted by Crippen LogP contribution is -2.13. The van der Waals surface area contributed by atoms with E-state index in [0.717, 1.165) is 5.56 Å². The predicted molar refractivity (Wildman–Crippen MR) is 127 cm³/mol. The first-order valence-corrected chi connectivity index (χ1v) is 10.5. The summed E-state index contributed by atoms with van der Waals surface area (Å²) in [6, 6.07) is 16.1. The highest BCUT2D eigenvalue weighted by molar-refractivity contribution is 6.32. The van der Waals surface area contributed by atoms with E-state index in [1.54, 1.807) is 42.5 Å². The van der Waals surface area contributed by atoms with Gasteiger partial charge in [-0.1, -0.05) is 41.4 Å².